The maximum absolute atomic E-state index is 5.92. The number of piperazine rings is 1. The molecular formula is C20H22ClN4O2+. The summed E-state index contributed by atoms with van der Waals surface area (Å²) in [7, 11) is 1.69. The lowest BCUT2D eigenvalue weighted by Gasteiger charge is -2.33. The van der Waals surface area contributed by atoms with Gasteiger partial charge in [-0.2, -0.15) is 0 Å². The van der Waals surface area contributed by atoms with E-state index in [4.69, 9.17) is 20.8 Å². The summed E-state index contributed by atoms with van der Waals surface area (Å²) in [4.78, 5) is 3.85. The van der Waals surface area contributed by atoms with Crippen LogP contribution in [0.25, 0.3) is 11.5 Å². The normalized spacial score (nSPS) is 15.1. The number of rotatable bonds is 5. The van der Waals surface area contributed by atoms with Crippen molar-refractivity contribution in [2.75, 3.05) is 38.2 Å². The van der Waals surface area contributed by atoms with E-state index in [1.54, 1.807) is 7.11 Å². The Balaban J connectivity index is 1.33. The van der Waals surface area contributed by atoms with Crippen molar-refractivity contribution in [3.05, 3.63) is 59.4 Å². The summed E-state index contributed by atoms with van der Waals surface area (Å²) in [6, 6.07) is 15.7. The van der Waals surface area contributed by atoms with E-state index in [1.165, 1.54) is 10.6 Å². The molecule has 0 unspecified atom stereocenters. The van der Waals surface area contributed by atoms with Crippen molar-refractivity contribution in [2.24, 2.45) is 0 Å². The number of hydrogen-bond acceptors (Lipinski definition) is 5. The number of quaternary nitrogens is 1. The number of aromatic nitrogens is 2. The first-order valence-corrected chi connectivity index (χ1v) is 9.40. The van der Waals surface area contributed by atoms with Gasteiger partial charge in [0.25, 0.3) is 5.89 Å². The predicted octanol–water partition coefficient (Wildman–Crippen LogP) is 2.30. The van der Waals surface area contributed by atoms with Crippen molar-refractivity contribution >= 4 is 17.3 Å². The van der Waals surface area contributed by atoms with Crippen molar-refractivity contribution < 1.29 is 14.1 Å². The third kappa shape index (κ3) is 4.23. The largest absolute Gasteiger partial charge is 0.497 e. The molecule has 2 aromatic carbocycles. The van der Waals surface area contributed by atoms with Gasteiger partial charge in [0.15, 0.2) is 6.54 Å². The fourth-order valence-corrected chi connectivity index (χ4v) is 3.42. The van der Waals surface area contributed by atoms with Gasteiger partial charge in [0.1, 0.15) is 5.75 Å². The molecule has 2 heterocycles. The second-order valence-corrected chi connectivity index (χ2v) is 7.06. The average Bonchev–Trinajstić information content (AvgIpc) is 3.18. The molecule has 0 radical (unpaired) electrons. The van der Waals surface area contributed by atoms with Crippen LogP contribution < -0.4 is 14.5 Å². The molecule has 0 spiro atoms. The summed E-state index contributed by atoms with van der Waals surface area (Å²) in [6.45, 7) is 4.81. The lowest BCUT2D eigenvalue weighted by molar-refractivity contribution is -0.915. The molecular weight excluding hydrogens is 364 g/mol. The molecule has 4 rings (SSSR count). The zero-order valence-corrected chi connectivity index (χ0v) is 15.9. The molecule has 7 heteroatoms. The van der Waals surface area contributed by atoms with Gasteiger partial charge >= 0.3 is 0 Å². The topological polar surface area (TPSA) is 55.8 Å². The van der Waals surface area contributed by atoms with Gasteiger partial charge in [-0.05, 0) is 48.5 Å². The molecule has 1 saturated heterocycles. The molecule has 0 amide bonds. The number of benzene rings is 2. The minimum Gasteiger partial charge on any atom is -0.497 e. The van der Waals surface area contributed by atoms with Gasteiger partial charge in [-0.1, -0.05) is 11.6 Å². The summed E-state index contributed by atoms with van der Waals surface area (Å²) in [5.74, 6) is 2.10. The van der Waals surface area contributed by atoms with E-state index in [0.29, 0.717) is 16.8 Å². The fraction of sp³-hybridized carbons (Fsp3) is 0.300. The zero-order valence-electron chi connectivity index (χ0n) is 15.2. The summed E-state index contributed by atoms with van der Waals surface area (Å²) in [5.41, 5.74) is 2.12. The molecule has 140 valence electrons. The number of anilines is 1. The summed E-state index contributed by atoms with van der Waals surface area (Å²) in [5, 5.41) is 9.06. The Hall–Kier alpha value is -2.57. The van der Waals surface area contributed by atoms with Crippen LogP contribution in [0.2, 0.25) is 5.02 Å². The van der Waals surface area contributed by atoms with Crippen LogP contribution in [0, 0.1) is 0 Å². The lowest BCUT2D eigenvalue weighted by atomic mass is 10.2. The van der Waals surface area contributed by atoms with E-state index < -0.39 is 0 Å². The Morgan fingerprint density at radius 3 is 2.41 bits per heavy atom. The number of ether oxygens (including phenoxy) is 1. The molecule has 0 saturated carbocycles. The second kappa shape index (κ2) is 7.98. The lowest BCUT2D eigenvalue weighted by Crippen LogP contribution is -3.13. The van der Waals surface area contributed by atoms with Gasteiger partial charge in [0.05, 0.1) is 33.3 Å². The molecule has 0 aliphatic carbocycles. The van der Waals surface area contributed by atoms with E-state index in [1.807, 2.05) is 36.4 Å². The van der Waals surface area contributed by atoms with E-state index >= 15 is 0 Å². The van der Waals surface area contributed by atoms with Crippen molar-refractivity contribution in [3.8, 4) is 17.2 Å². The predicted molar refractivity (Wildman–Crippen MR) is 104 cm³/mol. The van der Waals surface area contributed by atoms with Gasteiger partial charge in [0, 0.05) is 16.3 Å². The Bertz CT molecular complexity index is 872. The SMILES string of the molecule is COc1ccc(N2CC[NH+](Cc3nnc(-c4ccc(Cl)cc4)o3)CC2)cc1. The van der Waals surface area contributed by atoms with E-state index in [9.17, 15) is 0 Å². The standard InChI is InChI=1S/C20H21ClN4O2/c1-26-18-8-6-17(7-9-18)25-12-10-24(11-13-25)14-19-22-23-20(27-19)15-2-4-16(21)5-3-15/h2-9H,10-14H2,1H3/p+1. The maximum atomic E-state index is 5.92. The molecule has 1 aromatic heterocycles. The number of nitrogens with one attached hydrogen (secondary N) is 1. The molecule has 1 fully saturated rings. The monoisotopic (exact) mass is 385 g/mol. The van der Waals surface area contributed by atoms with Gasteiger partial charge < -0.3 is 19.0 Å². The smallest absolute Gasteiger partial charge is 0.271 e. The molecule has 0 atom stereocenters. The highest BCUT2D eigenvalue weighted by Gasteiger charge is 2.22. The van der Waals surface area contributed by atoms with Crippen LogP contribution in [0.4, 0.5) is 5.69 Å². The molecule has 1 N–H and O–H groups in total. The van der Waals surface area contributed by atoms with Gasteiger partial charge in [-0.15, -0.1) is 10.2 Å². The van der Waals surface area contributed by atoms with Crippen molar-refractivity contribution in [3.63, 3.8) is 0 Å². The highest BCUT2D eigenvalue weighted by molar-refractivity contribution is 6.30. The Kier molecular flexibility index (Phi) is 5.27. The Labute approximate surface area is 163 Å². The van der Waals surface area contributed by atoms with E-state index in [-0.39, 0.29) is 0 Å². The van der Waals surface area contributed by atoms with Crippen LogP contribution >= 0.6 is 11.6 Å². The third-order valence-corrected chi connectivity index (χ3v) is 5.12. The van der Waals surface area contributed by atoms with Crippen molar-refractivity contribution in [1.29, 1.82) is 0 Å². The van der Waals surface area contributed by atoms with Crippen molar-refractivity contribution in [1.82, 2.24) is 10.2 Å². The zero-order chi connectivity index (χ0) is 18.6. The quantitative estimate of drug-likeness (QED) is 0.730. The molecule has 6 nitrogen and oxygen atoms in total. The first kappa shape index (κ1) is 17.8. The first-order chi connectivity index (χ1) is 13.2. The summed E-state index contributed by atoms with van der Waals surface area (Å²) in [6.07, 6.45) is 0. The second-order valence-electron chi connectivity index (χ2n) is 6.62. The first-order valence-electron chi connectivity index (χ1n) is 9.02. The maximum Gasteiger partial charge on any atom is 0.271 e. The number of hydrogen-bond donors (Lipinski definition) is 1. The third-order valence-electron chi connectivity index (χ3n) is 4.87. The van der Waals surface area contributed by atoms with Gasteiger partial charge in [-0.3, -0.25) is 0 Å². The van der Waals surface area contributed by atoms with Gasteiger partial charge in [-0.25, -0.2) is 0 Å². The minimum absolute atomic E-state index is 0.540. The number of halogens is 1. The number of nitrogens with zero attached hydrogens (tertiary/aromatic N) is 3. The highest BCUT2D eigenvalue weighted by Crippen LogP contribution is 2.20. The molecule has 1 aliphatic rings. The summed E-state index contributed by atoms with van der Waals surface area (Å²) >= 11 is 5.92. The molecule has 0 bridgehead atoms. The van der Waals surface area contributed by atoms with E-state index in [2.05, 4.69) is 27.2 Å². The minimum atomic E-state index is 0.540. The molecule has 3 aromatic rings. The van der Waals surface area contributed by atoms with Gasteiger partial charge in [0.2, 0.25) is 5.89 Å². The Morgan fingerprint density at radius 1 is 1.04 bits per heavy atom. The Morgan fingerprint density at radius 2 is 1.74 bits per heavy atom. The fourth-order valence-electron chi connectivity index (χ4n) is 3.30. The van der Waals surface area contributed by atoms with Crippen LogP contribution in [-0.2, 0) is 6.54 Å². The summed E-state index contributed by atoms with van der Waals surface area (Å²) < 4.78 is 11.1. The van der Waals surface area contributed by atoms with Crippen LogP contribution in [0.3, 0.4) is 0 Å². The van der Waals surface area contributed by atoms with E-state index in [0.717, 1.165) is 44.0 Å². The van der Waals surface area contributed by atoms with Crippen molar-refractivity contribution in [2.45, 2.75) is 6.54 Å². The van der Waals surface area contributed by atoms with Crippen LogP contribution in [-0.4, -0.2) is 43.5 Å². The molecule has 27 heavy (non-hydrogen) atoms. The number of methoxy groups -OCH3 is 1. The van der Waals surface area contributed by atoms with Crippen LogP contribution in [0.5, 0.6) is 5.75 Å². The van der Waals surface area contributed by atoms with Crippen LogP contribution in [0.1, 0.15) is 5.89 Å². The molecule has 1 aliphatic heterocycles. The van der Waals surface area contributed by atoms with Crippen LogP contribution in [0.15, 0.2) is 52.9 Å². The average molecular weight is 386 g/mol. The highest BCUT2D eigenvalue weighted by atomic mass is 35.5.